The molecule has 0 aromatic heterocycles. The molecular weight excluding hydrogens is 242 g/mol. The van der Waals surface area contributed by atoms with Gasteiger partial charge in [0, 0.05) is 6.04 Å². The fourth-order valence-corrected chi connectivity index (χ4v) is 2.49. The van der Waals surface area contributed by atoms with Crippen LogP contribution in [-0.2, 0) is 6.42 Å². The number of benzene rings is 2. The van der Waals surface area contributed by atoms with Crippen molar-refractivity contribution in [1.29, 1.82) is 0 Å². The number of nitrogens with two attached hydrogens (primary N) is 1. The van der Waals surface area contributed by atoms with Gasteiger partial charge in [0.15, 0.2) is 0 Å². The summed E-state index contributed by atoms with van der Waals surface area (Å²) in [6, 6.07) is 17.6. The van der Waals surface area contributed by atoms with Gasteiger partial charge in [-0.25, -0.2) is 0 Å². The molecule has 0 heterocycles. The molecule has 0 spiro atoms. The standard InChI is InChI=1S/C19H25N/c1-4-19(20)18-7-5-6-17(13-18)16-10-8-15(9-11-16)12-14(2)3/h5-11,13-14,19H,4,12,20H2,1-3H3. The van der Waals surface area contributed by atoms with E-state index in [1.54, 1.807) is 0 Å². The van der Waals surface area contributed by atoms with Crippen LogP contribution >= 0.6 is 0 Å². The highest BCUT2D eigenvalue weighted by Gasteiger charge is 2.05. The molecule has 0 aliphatic heterocycles. The number of rotatable bonds is 5. The van der Waals surface area contributed by atoms with E-state index in [4.69, 9.17) is 5.73 Å². The van der Waals surface area contributed by atoms with Gasteiger partial charge >= 0.3 is 0 Å². The van der Waals surface area contributed by atoms with E-state index in [0.717, 1.165) is 12.8 Å². The average molecular weight is 267 g/mol. The molecule has 106 valence electrons. The lowest BCUT2D eigenvalue weighted by Crippen LogP contribution is -2.08. The van der Waals surface area contributed by atoms with Crippen molar-refractivity contribution in [3.63, 3.8) is 0 Å². The molecule has 0 bridgehead atoms. The van der Waals surface area contributed by atoms with Crippen molar-refractivity contribution < 1.29 is 0 Å². The molecule has 1 unspecified atom stereocenters. The van der Waals surface area contributed by atoms with Crippen LogP contribution in [0.15, 0.2) is 48.5 Å². The zero-order valence-corrected chi connectivity index (χ0v) is 12.8. The first-order valence-electron chi connectivity index (χ1n) is 7.55. The van der Waals surface area contributed by atoms with Gasteiger partial charge in [0.2, 0.25) is 0 Å². The largest absolute Gasteiger partial charge is 0.324 e. The molecule has 0 aliphatic carbocycles. The maximum Gasteiger partial charge on any atom is 0.0292 e. The van der Waals surface area contributed by atoms with E-state index >= 15 is 0 Å². The van der Waals surface area contributed by atoms with Gasteiger partial charge in [0.05, 0.1) is 0 Å². The Labute approximate surface area is 122 Å². The van der Waals surface area contributed by atoms with Crippen molar-refractivity contribution in [3.05, 3.63) is 59.7 Å². The van der Waals surface area contributed by atoms with Gasteiger partial charge in [-0.15, -0.1) is 0 Å². The fraction of sp³-hybridized carbons (Fsp3) is 0.368. The lowest BCUT2D eigenvalue weighted by Gasteiger charge is -2.11. The van der Waals surface area contributed by atoms with Gasteiger partial charge in [0.25, 0.3) is 0 Å². The smallest absolute Gasteiger partial charge is 0.0292 e. The van der Waals surface area contributed by atoms with E-state index in [9.17, 15) is 0 Å². The molecule has 20 heavy (non-hydrogen) atoms. The lowest BCUT2D eigenvalue weighted by atomic mass is 9.96. The molecule has 0 fully saturated rings. The lowest BCUT2D eigenvalue weighted by molar-refractivity contribution is 0.647. The average Bonchev–Trinajstić information content (AvgIpc) is 2.47. The van der Waals surface area contributed by atoms with Gasteiger partial charge < -0.3 is 5.73 Å². The third-order valence-electron chi connectivity index (χ3n) is 3.69. The van der Waals surface area contributed by atoms with E-state index in [1.165, 1.54) is 22.3 Å². The molecule has 0 aliphatic rings. The van der Waals surface area contributed by atoms with Crippen LogP contribution in [0, 0.1) is 5.92 Å². The van der Waals surface area contributed by atoms with Crippen LogP contribution in [-0.4, -0.2) is 0 Å². The highest BCUT2D eigenvalue weighted by molar-refractivity contribution is 5.64. The van der Waals surface area contributed by atoms with Crippen LogP contribution in [0.25, 0.3) is 11.1 Å². The number of hydrogen-bond acceptors (Lipinski definition) is 1. The molecule has 0 radical (unpaired) electrons. The van der Waals surface area contributed by atoms with Crippen LogP contribution in [0.5, 0.6) is 0 Å². The van der Waals surface area contributed by atoms with Crippen LogP contribution in [0.1, 0.15) is 44.4 Å². The quantitative estimate of drug-likeness (QED) is 0.814. The SMILES string of the molecule is CCC(N)c1cccc(-c2ccc(CC(C)C)cc2)c1. The Morgan fingerprint density at radius 1 is 0.950 bits per heavy atom. The predicted octanol–water partition coefficient (Wildman–Crippen LogP) is 4.96. The van der Waals surface area contributed by atoms with Gasteiger partial charge in [-0.1, -0.05) is 63.2 Å². The zero-order valence-electron chi connectivity index (χ0n) is 12.8. The van der Waals surface area contributed by atoms with Crippen molar-refractivity contribution in [2.45, 2.75) is 39.7 Å². The summed E-state index contributed by atoms with van der Waals surface area (Å²) in [5.74, 6) is 0.701. The normalized spacial score (nSPS) is 12.7. The van der Waals surface area contributed by atoms with Gasteiger partial charge in [-0.05, 0) is 47.1 Å². The summed E-state index contributed by atoms with van der Waals surface area (Å²) in [7, 11) is 0. The Balaban J connectivity index is 2.23. The topological polar surface area (TPSA) is 26.0 Å². The van der Waals surface area contributed by atoms with Crippen molar-refractivity contribution in [1.82, 2.24) is 0 Å². The van der Waals surface area contributed by atoms with Gasteiger partial charge in [-0.2, -0.15) is 0 Å². The fourth-order valence-electron chi connectivity index (χ4n) is 2.49. The molecule has 0 saturated heterocycles. The second kappa shape index (κ2) is 6.71. The highest BCUT2D eigenvalue weighted by atomic mass is 14.6. The van der Waals surface area contributed by atoms with Crippen LogP contribution in [0.3, 0.4) is 0 Å². The Bertz CT molecular complexity index is 540. The van der Waals surface area contributed by atoms with E-state index in [1.807, 2.05) is 0 Å². The molecule has 1 heteroatoms. The first kappa shape index (κ1) is 14.8. The van der Waals surface area contributed by atoms with Crippen molar-refractivity contribution in [3.8, 4) is 11.1 Å². The van der Waals surface area contributed by atoms with Crippen LogP contribution < -0.4 is 5.73 Å². The Morgan fingerprint density at radius 2 is 1.65 bits per heavy atom. The third-order valence-corrected chi connectivity index (χ3v) is 3.69. The predicted molar refractivity (Wildman–Crippen MR) is 87.6 cm³/mol. The Hall–Kier alpha value is -1.60. The minimum absolute atomic E-state index is 0.134. The summed E-state index contributed by atoms with van der Waals surface area (Å²) < 4.78 is 0. The Kier molecular flexibility index (Phi) is 4.97. The minimum Gasteiger partial charge on any atom is -0.324 e. The van der Waals surface area contributed by atoms with E-state index < -0.39 is 0 Å². The molecule has 1 atom stereocenters. The van der Waals surface area contributed by atoms with Gasteiger partial charge in [-0.3, -0.25) is 0 Å². The molecule has 2 rings (SSSR count). The van der Waals surface area contributed by atoms with E-state index in [2.05, 4.69) is 69.3 Å². The number of hydrogen-bond donors (Lipinski definition) is 1. The molecule has 2 aromatic carbocycles. The maximum absolute atomic E-state index is 6.12. The van der Waals surface area contributed by atoms with Gasteiger partial charge in [0.1, 0.15) is 0 Å². The second-order valence-corrected chi connectivity index (χ2v) is 5.94. The summed E-state index contributed by atoms with van der Waals surface area (Å²) in [5, 5.41) is 0. The zero-order chi connectivity index (χ0) is 14.5. The summed E-state index contributed by atoms with van der Waals surface area (Å²) in [5.41, 5.74) is 11.3. The van der Waals surface area contributed by atoms with Crippen LogP contribution in [0.2, 0.25) is 0 Å². The van der Waals surface area contributed by atoms with E-state index in [0.29, 0.717) is 5.92 Å². The molecule has 0 saturated carbocycles. The monoisotopic (exact) mass is 267 g/mol. The summed E-state index contributed by atoms with van der Waals surface area (Å²) >= 11 is 0. The molecule has 0 amide bonds. The molecule has 2 N–H and O–H groups in total. The molecular formula is C19H25N. The molecule has 2 aromatic rings. The summed E-state index contributed by atoms with van der Waals surface area (Å²) in [6.07, 6.45) is 2.11. The first-order chi connectivity index (χ1) is 9.60. The third kappa shape index (κ3) is 3.71. The minimum atomic E-state index is 0.134. The summed E-state index contributed by atoms with van der Waals surface area (Å²) in [6.45, 7) is 6.63. The van der Waals surface area contributed by atoms with E-state index in [-0.39, 0.29) is 6.04 Å². The summed E-state index contributed by atoms with van der Waals surface area (Å²) in [4.78, 5) is 0. The van der Waals surface area contributed by atoms with Crippen LogP contribution in [0.4, 0.5) is 0 Å². The Morgan fingerprint density at radius 3 is 2.25 bits per heavy atom. The van der Waals surface area contributed by atoms with Crippen molar-refractivity contribution in [2.75, 3.05) is 0 Å². The maximum atomic E-state index is 6.12. The second-order valence-electron chi connectivity index (χ2n) is 5.94. The molecule has 1 nitrogen and oxygen atoms in total. The first-order valence-corrected chi connectivity index (χ1v) is 7.55. The van der Waals surface area contributed by atoms with Crippen molar-refractivity contribution >= 4 is 0 Å². The van der Waals surface area contributed by atoms with Crippen molar-refractivity contribution in [2.24, 2.45) is 11.7 Å². The highest BCUT2D eigenvalue weighted by Crippen LogP contribution is 2.24.